The summed E-state index contributed by atoms with van der Waals surface area (Å²) in [5, 5.41) is 14.7. The van der Waals surface area contributed by atoms with Gasteiger partial charge in [-0.15, -0.1) is 11.3 Å². The predicted octanol–water partition coefficient (Wildman–Crippen LogP) is 2.53. The van der Waals surface area contributed by atoms with Gasteiger partial charge in [0, 0.05) is 42.8 Å². The first-order chi connectivity index (χ1) is 11.7. The zero-order chi connectivity index (χ0) is 16.9. The molecule has 130 valence electrons. The fourth-order valence-corrected chi connectivity index (χ4v) is 3.43. The Balaban J connectivity index is 1.63. The van der Waals surface area contributed by atoms with Crippen LogP contribution in [0.25, 0.3) is 0 Å². The molecule has 24 heavy (non-hydrogen) atoms. The topological polar surface area (TPSA) is 67.1 Å². The lowest BCUT2D eigenvalue weighted by atomic mass is 9.94. The molecule has 6 nitrogen and oxygen atoms in total. The predicted molar refractivity (Wildman–Crippen MR) is 98.5 cm³/mol. The Kier molecular flexibility index (Phi) is 5.50. The van der Waals surface area contributed by atoms with Crippen molar-refractivity contribution in [3.63, 3.8) is 0 Å². The third-order valence-electron chi connectivity index (χ3n) is 4.17. The lowest BCUT2D eigenvalue weighted by molar-refractivity contribution is 0.499. The number of hydrogen-bond acceptors (Lipinski definition) is 4. The number of thiazole rings is 1. The van der Waals surface area contributed by atoms with Crippen molar-refractivity contribution < 1.29 is 0 Å². The van der Waals surface area contributed by atoms with E-state index in [4.69, 9.17) is 5.10 Å². The average molecular weight is 347 g/mol. The highest BCUT2D eigenvalue weighted by molar-refractivity contribution is 7.09. The molecule has 2 N–H and O–H groups in total. The number of nitrogens with one attached hydrogen (secondary N) is 2. The molecule has 1 atom stereocenters. The summed E-state index contributed by atoms with van der Waals surface area (Å²) in [6, 6.07) is 0.793. The summed E-state index contributed by atoms with van der Waals surface area (Å²) >= 11 is 1.64. The highest BCUT2D eigenvalue weighted by Crippen LogP contribution is 2.21. The van der Waals surface area contributed by atoms with Gasteiger partial charge in [0.05, 0.1) is 12.2 Å². The van der Waals surface area contributed by atoms with E-state index >= 15 is 0 Å². The largest absolute Gasteiger partial charge is 0.357 e. The molecule has 2 aromatic rings. The van der Waals surface area contributed by atoms with Crippen LogP contribution in [0.1, 0.15) is 49.5 Å². The maximum Gasteiger partial charge on any atom is 0.191 e. The van der Waals surface area contributed by atoms with Crippen molar-refractivity contribution in [2.24, 2.45) is 4.99 Å². The van der Waals surface area contributed by atoms with Gasteiger partial charge >= 0.3 is 0 Å². The summed E-state index contributed by atoms with van der Waals surface area (Å²) in [6.07, 6.45) is 7.17. The zero-order valence-corrected chi connectivity index (χ0v) is 15.4. The molecule has 1 aliphatic carbocycles. The minimum absolute atomic E-state index is 0.377. The fourth-order valence-electron chi connectivity index (χ4n) is 2.89. The Bertz CT molecular complexity index is 673. The smallest absolute Gasteiger partial charge is 0.191 e. The molecule has 0 aliphatic heterocycles. The average Bonchev–Trinajstić information content (AvgIpc) is 3.21. The van der Waals surface area contributed by atoms with E-state index in [1.165, 1.54) is 11.3 Å². The fraction of sp³-hybridized carbons (Fsp3) is 0.588. The standard InChI is InChI=1S/C17H26N6S/c1-4-18-17(20-10-16-19-7-8-24-16)21-14-6-5-13-11-23(12(2)3)22-15(13)9-14/h7-8,11-12,14H,4-6,9-10H2,1-3H3,(H2,18,20,21). The quantitative estimate of drug-likeness (QED) is 0.645. The van der Waals surface area contributed by atoms with Crippen LogP contribution in [0.5, 0.6) is 0 Å². The van der Waals surface area contributed by atoms with Crippen LogP contribution in [-0.2, 0) is 19.4 Å². The molecule has 1 aliphatic rings. The molecule has 0 aromatic carbocycles. The minimum Gasteiger partial charge on any atom is -0.357 e. The van der Waals surface area contributed by atoms with Gasteiger partial charge in [0.25, 0.3) is 0 Å². The molecule has 2 aromatic heterocycles. The maximum atomic E-state index is 4.75. The highest BCUT2D eigenvalue weighted by Gasteiger charge is 2.23. The summed E-state index contributed by atoms with van der Waals surface area (Å²) in [4.78, 5) is 8.94. The Morgan fingerprint density at radius 3 is 3.08 bits per heavy atom. The van der Waals surface area contributed by atoms with E-state index in [1.807, 2.05) is 11.6 Å². The van der Waals surface area contributed by atoms with E-state index in [0.717, 1.165) is 36.8 Å². The number of hydrogen-bond donors (Lipinski definition) is 2. The van der Waals surface area contributed by atoms with E-state index in [-0.39, 0.29) is 0 Å². The number of guanidine groups is 1. The summed E-state index contributed by atoms with van der Waals surface area (Å²) in [5.74, 6) is 0.865. The molecule has 2 heterocycles. The van der Waals surface area contributed by atoms with Gasteiger partial charge < -0.3 is 10.6 Å². The van der Waals surface area contributed by atoms with Crippen LogP contribution in [0.4, 0.5) is 0 Å². The molecule has 0 saturated carbocycles. The van der Waals surface area contributed by atoms with Crippen molar-refractivity contribution in [1.82, 2.24) is 25.4 Å². The van der Waals surface area contributed by atoms with Crippen molar-refractivity contribution in [2.45, 2.75) is 58.7 Å². The van der Waals surface area contributed by atoms with Gasteiger partial charge in [0.15, 0.2) is 5.96 Å². The maximum absolute atomic E-state index is 4.75. The van der Waals surface area contributed by atoms with E-state index in [2.05, 4.69) is 52.3 Å². The second kappa shape index (κ2) is 7.79. The van der Waals surface area contributed by atoms with E-state index < -0.39 is 0 Å². The number of nitrogens with zero attached hydrogens (tertiary/aromatic N) is 4. The van der Waals surface area contributed by atoms with E-state index in [1.54, 1.807) is 11.3 Å². The number of rotatable bonds is 5. The molecular formula is C17H26N6S. The van der Waals surface area contributed by atoms with Crippen LogP contribution in [0.15, 0.2) is 22.8 Å². The van der Waals surface area contributed by atoms with Crippen LogP contribution in [-0.4, -0.2) is 33.3 Å². The van der Waals surface area contributed by atoms with Crippen molar-refractivity contribution in [3.8, 4) is 0 Å². The van der Waals surface area contributed by atoms with Gasteiger partial charge in [0.2, 0.25) is 0 Å². The molecule has 0 spiro atoms. The van der Waals surface area contributed by atoms with Crippen molar-refractivity contribution >= 4 is 17.3 Å². The monoisotopic (exact) mass is 346 g/mol. The number of fused-ring (bicyclic) bond motifs is 1. The van der Waals surface area contributed by atoms with Crippen molar-refractivity contribution in [2.75, 3.05) is 6.54 Å². The first-order valence-electron chi connectivity index (χ1n) is 8.65. The lowest BCUT2D eigenvalue weighted by Crippen LogP contribution is -2.45. The number of aliphatic imine (C=N–C) groups is 1. The summed E-state index contributed by atoms with van der Waals surface area (Å²) in [7, 11) is 0. The van der Waals surface area contributed by atoms with Crippen LogP contribution < -0.4 is 10.6 Å². The van der Waals surface area contributed by atoms with Gasteiger partial charge in [-0.2, -0.15) is 5.10 Å². The van der Waals surface area contributed by atoms with Gasteiger partial charge in [0.1, 0.15) is 5.01 Å². The summed E-state index contributed by atoms with van der Waals surface area (Å²) < 4.78 is 2.08. The molecule has 3 rings (SSSR count). The van der Waals surface area contributed by atoms with Gasteiger partial charge in [-0.1, -0.05) is 0 Å². The summed E-state index contributed by atoms with van der Waals surface area (Å²) in [5.41, 5.74) is 2.62. The zero-order valence-electron chi connectivity index (χ0n) is 14.6. The molecule has 0 amide bonds. The molecule has 0 bridgehead atoms. The number of aromatic nitrogens is 3. The van der Waals surface area contributed by atoms with Crippen LogP contribution in [0, 0.1) is 0 Å². The van der Waals surface area contributed by atoms with Crippen LogP contribution in [0.2, 0.25) is 0 Å². The Labute approximate surface area is 147 Å². The Morgan fingerprint density at radius 2 is 2.38 bits per heavy atom. The van der Waals surface area contributed by atoms with E-state index in [9.17, 15) is 0 Å². The van der Waals surface area contributed by atoms with Crippen LogP contribution >= 0.6 is 11.3 Å². The first-order valence-corrected chi connectivity index (χ1v) is 9.53. The van der Waals surface area contributed by atoms with Gasteiger partial charge in [-0.05, 0) is 39.2 Å². The normalized spacial score (nSPS) is 17.8. The second-order valence-electron chi connectivity index (χ2n) is 6.38. The summed E-state index contributed by atoms with van der Waals surface area (Å²) in [6.45, 7) is 7.89. The van der Waals surface area contributed by atoms with Gasteiger partial charge in [-0.25, -0.2) is 9.98 Å². The van der Waals surface area contributed by atoms with Crippen molar-refractivity contribution in [1.29, 1.82) is 0 Å². The van der Waals surface area contributed by atoms with Crippen LogP contribution in [0.3, 0.4) is 0 Å². The molecule has 0 saturated heterocycles. The van der Waals surface area contributed by atoms with Gasteiger partial charge in [-0.3, -0.25) is 4.68 Å². The third-order valence-corrected chi connectivity index (χ3v) is 4.93. The first kappa shape index (κ1) is 17.0. The SMILES string of the molecule is CCNC(=NCc1nccs1)NC1CCc2cn(C(C)C)nc2C1. The highest BCUT2D eigenvalue weighted by atomic mass is 32.1. The Morgan fingerprint density at radius 1 is 1.50 bits per heavy atom. The second-order valence-corrected chi connectivity index (χ2v) is 7.36. The number of aryl methyl sites for hydroxylation is 1. The third kappa shape index (κ3) is 4.14. The molecule has 0 fully saturated rings. The molecular weight excluding hydrogens is 320 g/mol. The molecule has 0 radical (unpaired) electrons. The molecule has 7 heteroatoms. The molecule has 1 unspecified atom stereocenters. The van der Waals surface area contributed by atoms with Crippen molar-refractivity contribution in [3.05, 3.63) is 34.0 Å². The lowest BCUT2D eigenvalue weighted by Gasteiger charge is -2.24. The Hall–Kier alpha value is -1.89. The van der Waals surface area contributed by atoms with E-state index in [0.29, 0.717) is 18.6 Å². The minimum atomic E-state index is 0.377.